The third-order valence-corrected chi connectivity index (χ3v) is 7.40. The van der Waals surface area contributed by atoms with Crippen LogP contribution in [0.1, 0.15) is 45.4 Å². The summed E-state index contributed by atoms with van der Waals surface area (Å²) < 4.78 is 10.6. The minimum Gasteiger partial charge on any atom is -0.464 e. The molecule has 3 saturated heterocycles. The van der Waals surface area contributed by atoms with Crippen LogP contribution < -0.4 is 4.90 Å². The van der Waals surface area contributed by atoms with Crippen LogP contribution in [0.5, 0.6) is 0 Å². The monoisotopic (exact) mass is 444 g/mol. The minimum atomic E-state index is -0.320. The zero-order chi connectivity index (χ0) is 22.4. The fourth-order valence-electron chi connectivity index (χ4n) is 5.27. The molecule has 0 saturated carbocycles. The van der Waals surface area contributed by atoms with Crippen molar-refractivity contribution in [3.05, 3.63) is 24.5 Å². The minimum absolute atomic E-state index is 0.000743. The van der Waals surface area contributed by atoms with Crippen molar-refractivity contribution >= 4 is 17.7 Å². The summed E-state index contributed by atoms with van der Waals surface area (Å²) in [7, 11) is 0. The van der Waals surface area contributed by atoms with Gasteiger partial charge in [-0.2, -0.15) is 0 Å². The predicted octanol–water partition coefficient (Wildman–Crippen LogP) is 2.93. The molecule has 8 heteroatoms. The Hall–Kier alpha value is -2.35. The first kappa shape index (κ1) is 22.8. The fraction of sp³-hybridized carbons (Fsp3) is 0.708. The van der Waals surface area contributed by atoms with Crippen LogP contribution in [-0.4, -0.2) is 85.4 Å². The second kappa shape index (κ2) is 10.5. The van der Waals surface area contributed by atoms with Crippen LogP contribution >= 0.6 is 0 Å². The lowest BCUT2D eigenvalue weighted by atomic mass is 9.71. The van der Waals surface area contributed by atoms with Crippen LogP contribution in [0.15, 0.2) is 24.5 Å². The fourth-order valence-corrected chi connectivity index (χ4v) is 5.27. The number of hydrogen-bond acceptors (Lipinski definition) is 6. The van der Waals surface area contributed by atoms with Gasteiger partial charge in [-0.25, -0.2) is 9.59 Å². The van der Waals surface area contributed by atoms with Gasteiger partial charge in [0.05, 0.1) is 12.7 Å². The van der Waals surface area contributed by atoms with E-state index in [4.69, 9.17) is 9.47 Å². The smallest absolute Gasteiger partial charge is 0.332 e. The lowest BCUT2D eigenvalue weighted by Gasteiger charge is -2.48. The molecule has 3 aliphatic rings. The Morgan fingerprint density at radius 2 is 1.56 bits per heavy atom. The van der Waals surface area contributed by atoms with E-state index in [1.54, 1.807) is 6.92 Å². The number of anilines is 1. The Morgan fingerprint density at radius 1 is 0.969 bits per heavy atom. The van der Waals surface area contributed by atoms with Crippen molar-refractivity contribution in [1.29, 1.82) is 0 Å². The van der Waals surface area contributed by atoms with Gasteiger partial charge in [0.25, 0.3) is 0 Å². The molecule has 3 fully saturated rings. The number of aromatic nitrogens is 1. The molecule has 3 aliphatic heterocycles. The van der Waals surface area contributed by atoms with Crippen molar-refractivity contribution in [2.75, 3.05) is 57.4 Å². The van der Waals surface area contributed by atoms with Gasteiger partial charge >= 0.3 is 12.0 Å². The molecule has 4 rings (SSSR count). The number of hydrogen-bond donors (Lipinski definition) is 0. The summed E-state index contributed by atoms with van der Waals surface area (Å²) in [5, 5.41) is 0. The lowest BCUT2D eigenvalue weighted by molar-refractivity contribution is -0.151. The Balaban J connectivity index is 1.18. The van der Waals surface area contributed by atoms with Crippen molar-refractivity contribution in [3.63, 3.8) is 0 Å². The van der Waals surface area contributed by atoms with E-state index in [9.17, 15) is 9.59 Å². The highest BCUT2D eigenvalue weighted by atomic mass is 16.6. The summed E-state index contributed by atoms with van der Waals surface area (Å²) in [5.41, 5.74) is 1.64. The number of esters is 1. The average Bonchev–Trinajstić information content (AvgIpc) is 2.84. The largest absolute Gasteiger partial charge is 0.464 e. The molecule has 4 heterocycles. The van der Waals surface area contributed by atoms with Crippen LogP contribution in [0.4, 0.5) is 10.5 Å². The van der Waals surface area contributed by atoms with Crippen LogP contribution in [0.3, 0.4) is 0 Å². The Morgan fingerprint density at radius 3 is 2.19 bits per heavy atom. The summed E-state index contributed by atoms with van der Waals surface area (Å²) in [5.74, 6) is -0.320. The van der Waals surface area contributed by atoms with Crippen LogP contribution in [0.25, 0.3) is 0 Å². The second-order valence-electron chi connectivity index (χ2n) is 9.26. The summed E-state index contributed by atoms with van der Waals surface area (Å²) in [4.78, 5) is 35.1. The molecular weight excluding hydrogens is 408 g/mol. The van der Waals surface area contributed by atoms with Gasteiger partial charge in [-0.05, 0) is 63.0 Å². The third kappa shape index (κ3) is 5.52. The number of ether oxygens (including phenoxy) is 2. The molecular formula is C24H36N4O4. The molecule has 1 spiro atoms. The highest BCUT2D eigenvalue weighted by molar-refractivity contribution is 5.74. The van der Waals surface area contributed by atoms with Crippen LogP contribution in [0, 0.1) is 5.41 Å². The van der Waals surface area contributed by atoms with Crippen molar-refractivity contribution in [2.24, 2.45) is 5.41 Å². The van der Waals surface area contributed by atoms with E-state index in [0.717, 1.165) is 51.9 Å². The summed E-state index contributed by atoms with van der Waals surface area (Å²) >= 11 is 0. The second-order valence-corrected chi connectivity index (χ2v) is 9.26. The van der Waals surface area contributed by atoms with Gasteiger partial charge in [0.2, 0.25) is 0 Å². The van der Waals surface area contributed by atoms with Gasteiger partial charge < -0.3 is 24.2 Å². The lowest BCUT2D eigenvalue weighted by Crippen LogP contribution is -2.53. The SMILES string of the molecule is CCOC(=O)COC1CCN(C(=O)N2CCC3(CC2)CCN(c2ccncc2)CC3)CC1. The van der Waals surface area contributed by atoms with Crippen LogP contribution in [0.2, 0.25) is 0 Å². The molecule has 8 nitrogen and oxygen atoms in total. The number of likely N-dealkylation sites (tertiary alicyclic amines) is 2. The zero-order valence-corrected chi connectivity index (χ0v) is 19.2. The summed E-state index contributed by atoms with van der Waals surface area (Å²) in [6, 6.07) is 4.34. The number of amides is 2. The Kier molecular flexibility index (Phi) is 7.50. The van der Waals surface area contributed by atoms with Crippen LogP contribution in [-0.2, 0) is 14.3 Å². The highest BCUT2D eigenvalue weighted by Gasteiger charge is 2.39. The topological polar surface area (TPSA) is 75.2 Å². The van der Waals surface area contributed by atoms with E-state index in [-0.39, 0.29) is 24.7 Å². The van der Waals surface area contributed by atoms with Gasteiger partial charge in [0, 0.05) is 57.3 Å². The maximum absolute atomic E-state index is 13.0. The molecule has 0 atom stereocenters. The maximum Gasteiger partial charge on any atom is 0.332 e. The van der Waals surface area contributed by atoms with Crippen molar-refractivity contribution in [2.45, 2.75) is 51.6 Å². The first-order valence-electron chi connectivity index (χ1n) is 12.0. The van der Waals surface area contributed by atoms with Crippen molar-refractivity contribution in [1.82, 2.24) is 14.8 Å². The molecule has 0 aliphatic carbocycles. The number of nitrogens with zero attached hydrogens (tertiary/aromatic N) is 4. The van der Waals surface area contributed by atoms with E-state index >= 15 is 0 Å². The number of carbonyl (C=O) groups excluding carboxylic acids is 2. The molecule has 0 bridgehead atoms. The normalized spacial score (nSPS) is 21.6. The molecule has 1 aromatic heterocycles. The molecule has 2 amide bonds. The average molecular weight is 445 g/mol. The Bertz CT molecular complexity index is 749. The van der Waals surface area contributed by atoms with E-state index in [2.05, 4.69) is 22.0 Å². The third-order valence-electron chi connectivity index (χ3n) is 7.40. The number of piperidine rings is 3. The number of urea groups is 1. The molecule has 32 heavy (non-hydrogen) atoms. The molecule has 0 radical (unpaired) electrons. The standard InChI is InChI=1S/C24H36N4O4/c1-2-31-22(29)19-32-21-5-13-27(14-6-21)23(30)28-17-9-24(10-18-28)7-15-26(16-8-24)20-3-11-25-12-4-20/h3-4,11-12,21H,2,5-10,13-19H2,1H3. The highest BCUT2D eigenvalue weighted by Crippen LogP contribution is 2.42. The van der Waals surface area contributed by atoms with Gasteiger partial charge in [-0.3, -0.25) is 4.98 Å². The summed E-state index contributed by atoms with van der Waals surface area (Å²) in [6.45, 7) is 7.41. The molecule has 176 valence electrons. The predicted molar refractivity (Wildman–Crippen MR) is 122 cm³/mol. The quantitative estimate of drug-likeness (QED) is 0.650. The summed E-state index contributed by atoms with van der Waals surface area (Å²) in [6.07, 6.45) is 9.88. The number of rotatable bonds is 5. The van der Waals surface area contributed by atoms with E-state index in [1.807, 2.05) is 22.2 Å². The van der Waals surface area contributed by atoms with Gasteiger partial charge in [-0.15, -0.1) is 0 Å². The van der Waals surface area contributed by atoms with E-state index in [1.165, 1.54) is 18.5 Å². The number of pyridine rings is 1. The van der Waals surface area contributed by atoms with E-state index < -0.39 is 0 Å². The van der Waals surface area contributed by atoms with Crippen molar-refractivity contribution in [3.8, 4) is 0 Å². The van der Waals surface area contributed by atoms with Gasteiger partial charge in [0.15, 0.2) is 0 Å². The van der Waals surface area contributed by atoms with E-state index in [0.29, 0.717) is 25.1 Å². The molecule has 0 N–H and O–H groups in total. The molecule has 0 aromatic carbocycles. The first-order valence-corrected chi connectivity index (χ1v) is 12.0. The molecule has 0 unspecified atom stereocenters. The molecule has 1 aromatic rings. The number of carbonyl (C=O) groups is 2. The first-order chi connectivity index (χ1) is 15.6. The zero-order valence-electron chi connectivity index (χ0n) is 19.2. The van der Waals surface area contributed by atoms with Crippen molar-refractivity contribution < 1.29 is 19.1 Å². The Labute approximate surface area is 190 Å². The van der Waals surface area contributed by atoms with Gasteiger partial charge in [0.1, 0.15) is 6.61 Å². The van der Waals surface area contributed by atoms with Gasteiger partial charge in [-0.1, -0.05) is 0 Å². The maximum atomic E-state index is 13.0.